The molecular weight excluding hydrogens is 354 g/mol. The van der Waals surface area contributed by atoms with Crippen LogP contribution in [0.15, 0.2) is 47.1 Å². The largest absolute Gasteiger partial charge is 0.459 e. The molecule has 28 heavy (non-hydrogen) atoms. The number of nitrogens with zero attached hydrogens (tertiary/aromatic N) is 2. The first-order valence-corrected chi connectivity index (χ1v) is 10.2. The minimum Gasteiger partial charge on any atom is -0.459 e. The highest BCUT2D eigenvalue weighted by molar-refractivity contribution is 5.95. The standard InChI is InChI=1S/C22H27N3O3/c26-21(19-6-1-2-14-25(19)22(27)20-7-5-15-28-20)23-16-17-8-10-18(11-9-17)24-12-3-4-13-24/h5,7-11,15,19H,1-4,6,12-14,16H2,(H,23,26). The van der Waals surface area contributed by atoms with Gasteiger partial charge in [-0.3, -0.25) is 9.59 Å². The predicted octanol–water partition coefficient (Wildman–Crippen LogP) is 3.19. The first-order chi connectivity index (χ1) is 13.7. The van der Waals surface area contributed by atoms with Crippen molar-refractivity contribution >= 4 is 17.5 Å². The summed E-state index contributed by atoms with van der Waals surface area (Å²) in [6, 6.07) is 11.3. The highest BCUT2D eigenvalue weighted by Crippen LogP contribution is 2.22. The Kier molecular flexibility index (Phi) is 5.65. The van der Waals surface area contributed by atoms with Crippen LogP contribution in [0, 0.1) is 0 Å². The number of piperidine rings is 1. The number of amides is 2. The van der Waals surface area contributed by atoms with Crippen LogP contribution in [0.3, 0.4) is 0 Å². The molecule has 2 aliphatic rings. The zero-order valence-corrected chi connectivity index (χ0v) is 16.1. The summed E-state index contributed by atoms with van der Waals surface area (Å²) in [5.41, 5.74) is 2.31. The van der Waals surface area contributed by atoms with Crippen LogP contribution in [0.1, 0.15) is 48.2 Å². The SMILES string of the molecule is O=C(NCc1ccc(N2CCCC2)cc1)C1CCCCN1C(=O)c1ccco1. The van der Waals surface area contributed by atoms with Gasteiger partial charge in [-0.05, 0) is 61.9 Å². The summed E-state index contributed by atoms with van der Waals surface area (Å²) < 4.78 is 5.23. The lowest BCUT2D eigenvalue weighted by molar-refractivity contribution is -0.126. The number of hydrogen-bond acceptors (Lipinski definition) is 4. The lowest BCUT2D eigenvalue weighted by atomic mass is 10.0. The molecule has 1 N–H and O–H groups in total. The van der Waals surface area contributed by atoms with Crippen molar-refractivity contribution in [1.82, 2.24) is 10.2 Å². The molecule has 2 aromatic rings. The van der Waals surface area contributed by atoms with Crippen molar-refractivity contribution in [3.8, 4) is 0 Å². The van der Waals surface area contributed by atoms with E-state index in [2.05, 4.69) is 34.5 Å². The average molecular weight is 381 g/mol. The molecule has 6 heteroatoms. The second-order valence-corrected chi connectivity index (χ2v) is 7.57. The Morgan fingerprint density at radius 2 is 1.75 bits per heavy atom. The van der Waals surface area contributed by atoms with Crippen LogP contribution in [-0.4, -0.2) is 42.4 Å². The van der Waals surface area contributed by atoms with Gasteiger partial charge in [0.2, 0.25) is 5.91 Å². The van der Waals surface area contributed by atoms with Gasteiger partial charge >= 0.3 is 0 Å². The number of furan rings is 1. The van der Waals surface area contributed by atoms with Gasteiger partial charge in [-0.25, -0.2) is 0 Å². The maximum atomic E-state index is 12.8. The number of carbonyl (C=O) groups excluding carboxylic acids is 2. The summed E-state index contributed by atoms with van der Waals surface area (Å²) in [6.45, 7) is 3.30. The van der Waals surface area contributed by atoms with E-state index in [9.17, 15) is 9.59 Å². The quantitative estimate of drug-likeness (QED) is 0.864. The number of rotatable bonds is 5. The van der Waals surface area contributed by atoms with E-state index in [4.69, 9.17) is 4.42 Å². The molecule has 2 saturated heterocycles. The molecule has 148 valence electrons. The zero-order chi connectivity index (χ0) is 19.3. The average Bonchev–Trinajstić information content (AvgIpc) is 3.46. The predicted molar refractivity (Wildman–Crippen MR) is 107 cm³/mol. The van der Waals surface area contributed by atoms with Gasteiger partial charge in [0.05, 0.1) is 6.26 Å². The monoisotopic (exact) mass is 381 g/mol. The minimum absolute atomic E-state index is 0.0942. The molecule has 1 atom stereocenters. The summed E-state index contributed by atoms with van der Waals surface area (Å²) in [6.07, 6.45) is 6.54. The van der Waals surface area contributed by atoms with Gasteiger partial charge in [0.1, 0.15) is 6.04 Å². The summed E-state index contributed by atoms with van der Waals surface area (Å²) in [5.74, 6) is -0.0137. The summed E-state index contributed by atoms with van der Waals surface area (Å²) in [5, 5.41) is 3.01. The van der Waals surface area contributed by atoms with Gasteiger partial charge in [-0.1, -0.05) is 12.1 Å². The molecule has 0 radical (unpaired) electrons. The molecule has 3 heterocycles. The number of carbonyl (C=O) groups is 2. The Balaban J connectivity index is 1.36. The second kappa shape index (κ2) is 8.50. The van der Waals surface area contributed by atoms with Crippen molar-refractivity contribution in [3.63, 3.8) is 0 Å². The number of benzene rings is 1. The Bertz CT molecular complexity index is 795. The van der Waals surface area contributed by atoms with E-state index in [1.54, 1.807) is 17.0 Å². The van der Waals surface area contributed by atoms with Gasteiger partial charge in [0.25, 0.3) is 5.91 Å². The molecule has 0 aliphatic carbocycles. The molecular formula is C22H27N3O3. The number of nitrogens with one attached hydrogen (secondary N) is 1. The van der Waals surface area contributed by atoms with Crippen molar-refractivity contribution in [3.05, 3.63) is 54.0 Å². The molecule has 2 fully saturated rings. The Morgan fingerprint density at radius 3 is 2.46 bits per heavy atom. The Hall–Kier alpha value is -2.76. The van der Waals surface area contributed by atoms with Gasteiger partial charge in [-0.2, -0.15) is 0 Å². The first-order valence-electron chi connectivity index (χ1n) is 10.2. The van der Waals surface area contributed by atoms with Crippen LogP contribution in [0.25, 0.3) is 0 Å². The smallest absolute Gasteiger partial charge is 0.290 e. The molecule has 1 aromatic carbocycles. The van der Waals surface area contributed by atoms with Crippen molar-refractivity contribution < 1.29 is 14.0 Å². The molecule has 2 amide bonds. The van der Waals surface area contributed by atoms with Crippen molar-refractivity contribution in [2.24, 2.45) is 0 Å². The third-order valence-electron chi connectivity index (χ3n) is 5.67. The molecule has 0 saturated carbocycles. The van der Waals surface area contributed by atoms with E-state index < -0.39 is 6.04 Å². The van der Waals surface area contributed by atoms with E-state index >= 15 is 0 Å². The molecule has 1 aromatic heterocycles. The van der Waals surface area contributed by atoms with E-state index in [1.807, 2.05) is 0 Å². The number of hydrogen-bond donors (Lipinski definition) is 1. The zero-order valence-electron chi connectivity index (χ0n) is 16.1. The van der Waals surface area contributed by atoms with Crippen LogP contribution < -0.4 is 10.2 Å². The maximum Gasteiger partial charge on any atom is 0.290 e. The topological polar surface area (TPSA) is 65.8 Å². The van der Waals surface area contributed by atoms with Crippen LogP contribution in [0.2, 0.25) is 0 Å². The Morgan fingerprint density at radius 1 is 1.00 bits per heavy atom. The number of anilines is 1. The normalized spacial score (nSPS) is 19.6. The molecule has 6 nitrogen and oxygen atoms in total. The molecule has 0 bridgehead atoms. The molecule has 0 spiro atoms. The van der Waals surface area contributed by atoms with Crippen LogP contribution in [0.5, 0.6) is 0 Å². The highest BCUT2D eigenvalue weighted by atomic mass is 16.3. The van der Waals surface area contributed by atoms with Crippen molar-refractivity contribution in [2.45, 2.75) is 44.7 Å². The summed E-state index contributed by atoms with van der Waals surface area (Å²) in [7, 11) is 0. The molecule has 4 rings (SSSR count). The van der Waals surface area contributed by atoms with Gasteiger partial charge in [-0.15, -0.1) is 0 Å². The van der Waals surface area contributed by atoms with Gasteiger partial charge < -0.3 is 19.5 Å². The molecule has 1 unspecified atom stereocenters. The fraction of sp³-hybridized carbons (Fsp3) is 0.455. The second-order valence-electron chi connectivity index (χ2n) is 7.57. The van der Waals surface area contributed by atoms with E-state index in [1.165, 1.54) is 24.8 Å². The van der Waals surface area contributed by atoms with Gasteiger partial charge in [0, 0.05) is 31.9 Å². The van der Waals surface area contributed by atoms with E-state index in [-0.39, 0.29) is 17.6 Å². The van der Waals surface area contributed by atoms with Crippen molar-refractivity contribution in [1.29, 1.82) is 0 Å². The number of likely N-dealkylation sites (tertiary alicyclic amines) is 1. The Labute approximate surface area is 165 Å². The highest BCUT2D eigenvalue weighted by Gasteiger charge is 2.33. The van der Waals surface area contributed by atoms with Crippen LogP contribution >= 0.6 is 0 Å². The van der Waals surface area contributed by atoms with E-state index in [0.29, 0.717) is 19.5 Å². The van der Waals surface area contributed by atoms with Crippen molar-refractivity contribution in [2.75, 3.05) is 24.5 Å². The van der Waals surface area contributed by atoms with E-state index in [0.717, 1.165) is 31.5 Å². The van der Waals surface area contributed by atoms with Crippen LogP contribution in [0.4, 0.5) is 5.69 Å². The third-order valence-corrected chi connectivity index (χ3v) is 5.67. The fourth-order valence-corrected chi connectivity index (χ4v) is 4.10. The summed E-state index contributed by atoms with van der Waals surface area (Å²) >= 11 is 0. The summed E-state index contributed by atoms with van der Waals surface area (Å²) in [4.78, 5) is 29.5. The fourth-order valence-electron chi connectivity index (χ4n) is 4.10. The minimum atomic E-state index is -0.435. The maximum absolute atomic E-state index is 12.8. The first kappa shape index (κ1) is 18.6. The van der Waals surface area contributed by atoms with Crippen LogP contribution in [-0.2, 0) is 11.3 Å². The molecule has 2 aliphatic heterocycles. The lowest BCUT2D eigenvalue weighted by Gasteiger charge is -2.34. The lowest BCUT2D eigenvalue weighted by Crippen LogP contribution is -2.51. The van der Waals surface area contributed by atoms with Gasteiger partial charge in [0.15, 0.2) is 5.76 Å². The third kappa shape index (κ3) is 4.06.